The summed E-state index contributed by atoms with van der Waals surface area (Å²) in [6, 6.07) is 3.87. The molecule has 0 unspecified atom stereocenters. The number of aryl methyl sites for hydroxylation is 1. The number of hydrogen-bond acceptors (Lipinski definition) is 6. The Hall–Kier alpha value is -2.25. The Morgan fingerprint density at radius 1 is 1.43 bits per heavy atom. The Kier molecular flexibility index (Phi) is 3.44. The van der Waals surface area contributed by atoms with E-state index in [1.54, 1.807) is 24.3 Å². The monoisotopic (exact) mass is 317 g/mol. The molecule has 3 rings (SSSR count). The molecule has 0 saturated heterocycles. The van der Waals surface area contributed by atoms with Crippen LogP contribution in [0.3, 0.4) is 0 Å². The van der Waals surface area contributed by atoms with Crippen LogP contribution >= 0.6 is 22.7 Å². The molecule has 3 heterocycles. The molecular weight excluding hydrogens is 308 g/mol. The van der Waals surface area contributed by atoms with E-state index in [9.17, 15) is 14.7 Å². The summed E-state index contributed by atoms with van der Waals surface area (Å²) < 4.78 is 0. The van der Waals surface area contributed by atoms with Crippen molar-refractivity contribution in [3.8, 4) is 0 Å². The minimum absolute atomic E-state index is 0.0439. The first-order valence-corrected chi connectivity index (χ1v) is 7.72. The van der Waals surface area contributed by atoms with E-state index >= 15 is 0 Å². The van der Waals surface area contributed by atoms with Crippen molar-refractivity contribution >= 4 is 51.0 Å². The molecule has 0 atom stereocenters. The highest BCUT2D eigenvalue weighted by molar-refractivity contribution is 7.20. The zero-order valence-electron chi connectivity index (χ0n) is 10.9. The zero-order chi connectivity index (χ0) is 15.0. The number of carbonyl (C=O) groups excluding carboxylic acids is 1. The molecule has 0 spiro atoms. The van der Waals surface area contributed by atoms with Gasteiger partial charge in [-0.1, -0.05) is 6.07 Å². The molecule has 0 fully saturated rings. The minimum atomic E-state index is -1.29. The summed E-state index contributed by atoms with van der Waals surface area (Å²) in [6.07, 6.45) is 3.54. The normalized spacial score (nSPS) is 11.5. The first-order valence-electron chi connectivity index (χ1n) is 6.02. The Labute approximate surface area is 127 Å². The van der Waals surface area contributed by atoms with Gasteiger partial charge < -0.3 is 14.9 Å². The van der Waals surface area contributed by atoms with Gasteiger partial charge in [-0.3, -0.25) is 4.79 Å². The number of aromatic amines is 1. The average Bonchev–Trinajstić information content (AvgIpc) is 3.04. The minimum Gasteiger partial charge on any atom is -0.544 e. The first-order chi connectivity index (χ1) is 10.1. The number of carboxylic acids is 1. The lowest BCUT2D eigenvalue weighted by atomic mass is 10.2. The number of thiophene rings is 2. The second-order valence-corrected chi connectivity index (χ2v) is 6.30. The lowest BCUT2D eigenvalue weighted by molar-refractivity contribution is -0.254. The SMILES string of the molecule is Cc1c(C(=O)[O-])sc2nc(/C=C/c3cccs3)[nH]c(=O)c12. The van der Waals surface area contributed by atoms with Gasteiger partial charge in [-0.2, -0.15) is 0 Å². The summed E-state index contributed by atoms with van der Waals surface area (Å²) >= 11 is 2.53. The third-order valence-electron chi connectivity index (χ3n) is 2.95. The molecular formula is C14H9N2O3S2-. The second-order valence-electron chi connectivity index (χ2n) is 4.32. The number of rotatable bonds is 3. The highest BCUT2D eigenvalue weighted by Crippen LogP contribution is 2.26. The first kappa shape index (κ1) is 13.7. The van der Waals surface area contributed by atoms with Crippen LogP contribution in [0.25, 0.3) is 22.4 Å². The van der Waals surface area contributed by atoms with Crippen LogP contribution in [-0.2, 0) is 0 Å². The second kappa shape index (κ2) is 5.27. The van der Waals surface area contributed by atoms with E-state index in [-0.39, 0.29) is 10.4 Å². The van der Waals surface area contributed by atoms with E-state index in [4.69, 9.17) is 0 Å². The van der Waals surface area contributed by atoms with Gasteiger partial charge in [-0.15, -0.1) is 22.7 Å². The molecule has 3 aromatic rings. The Balaban J connectivity index is 2.11. The van der Waals surface area contributed by atoms with Crippen molar-refractivity contribution in [3.63, 3.8) is 0 Å². The van der Waals surface area contributed by atoms with Gasteiger partial charge in [-0.25, -0.2) is 4.98 Å². The lowest BCUT2D eigenvalue weighted by Gasteiger charge is -1.97. The molecule has 21 heavy (non-hydrogen) atoms. The maximum atomic E-state index is 12.1. The van der Waals surface area contributed by atoms with Crippen LogP contribution in [0.2, 0.25) is 0 Å². The number of hydrogen-bond donors (Lipinski definition) is 1. The molecule has 0 saturated carbocycles. The predicted molar refractivity (Wildman–Crippen MR) is 82.6 cm³/mol. The molecule has 3 aromatic heterocycles. The van der Waals surface area contributed by atoms with Crippen LogP contribution in [-0.4, -0.2) is 15.9 Å². The zero-order valence-corrected chi connectivity index (χ0v) is 12.5. The Morgan fingerprint density at radius 2 is 2.24 bits per heavy atom. The summed E-state index contributed by atoms with van der Waals surface area (Å²) in [5, 5.41) is 13.3. The third kappa shape index (κ3) is 2.53. The number of nitrogens with zero attached hydrogens (tertiary/aromatic N) is 1. The van der Waals surface area contributed by atoms with Crippen molar-refractivity contribution in [2.75, 3.05) is 0 Å². The molecule has 0 aliphatic carbocycles. The molecule has 0 aromatic carbocycles. The van der Waals surface area contributed by atoms with Crippen molar-refractivity contribution < 1.29 is 9.90 Å². The number of H-pyrrole nitrogens is 1. The molecule has 7 heteroatoms. The summed E-state index contributed by atoms with van der Waals surface area (Å²) in [5.41, 5.74) is 0.0598. The highest BCUT2D eigenvalue weighted by Gasteiger charge is 2.14. The fourth-order valence-electron chi connectivity index (χ4n) is 1.98. The van der Waals surface area contributed by atoms with E-state index in [1.165, 1.54) is 0 Å². The summed E-state index contributed by atoms with van der Waals surface area (Å²) in [4.78, 5) is 31.5. The van der Waals surface area contributed by atoms with Gasteiger partial charge in [0.1, 0.15) is 10.7 Å². The van der Waals surface area contributed by atoms with E-state index < -0.39 is 5.97 Å². The van der Waals surface area contributed by atoms with Crippen LogP contribution in [0.15, 0.2) is 22.3 Å². The fourth-order valence-corrected chi connectivity index (χ4v) is 3.62. The van der Waals surface area contributed by atoms with Gasteiger partial charge in [0, 0.05) is 4.88 Å². The number of carboxylic acid groups (broad SMARTS) is 1. The maximum absolute atomic E-state index is 12.1. The van der Waals surface area contributed by atoms with Gasteiger partial charge in [0.2, 0.25) is 0 Å². The Morgan fingerprint density at radius 3 is 2.90 bits per heavy atom. The van der Waals surface area contributed by atoms with Crippen molar-refractivity contribution in [1.82, 2.24) is 9.97 Å². The standard InChI is InChI=1S/C14H10N2O3S2/c1-7-10-12(17)15-9(5-4-8-3-2-6-20-8)16-13(10)21-11(7)14(18)19/h2-6H,1H3,(H,18,19)(H,15,16,17)/p-1/b5-4+. The van der Waals surface area contributed by atoms with Crippen molar-refractivity contribution in [2.45, 2.75) is 6.92 Å². The van der Waals surface area contributed by atoms with Crippen molar-refractivity contribution in [3.05, 3.63) is 49.0 Å². The number of aromatic carboxylic acids is 1. The largest absolute Gasteiger partial charge is 0.544 e. The molecule has 0 aliphatic rings. The molecule has 0 aliphatic heterocycles. The van der Waals surface area contributed by atoms with Crippen molar-refractivity contribution in [1.29, 1.82) is 0 Å². The maximum Gasteiger partial charge on any atom is 0.260 e. The highest BCUT2D eigenvalue weighted by atomic mass is 32.1. The van der Waals surface area contributed by atoms with E-state index in [1.807, 2.05) is 23.6 Å². The molecule has 0 radical (unpaired) electrons. The topological polar surface area (TPSA) is 85.9 Å². The van der Waals surface area contributed by atoms with Crippen LogP contribution in [0.5, 0.6) is 0 Å². The molecule has 106 valence electrons. The van der Waals surface area contributed by atoms with E-state index in [0.717, 1.165) is 16.2 Å². The number of nitrogens with one attached hydrogen (secondary N) is 1. The van der Waals surface area contributed by atoms with Crippen LogP contribution in [0, 0.1) is 6.92 Å². The van der Waals surface area contributed by atoms with E-state index in [0.29, 0.717) is 21.6 Å². The van der Waals surface area contributed by atoms with Gasteiger partial charge >= 0.3 is 0 Å². The summed E-state index contributed by atoms with van der Waals surface area (Å²) in [7, 11) is 0. The number of carbonyl (C=O) groups is 1. The average molecular weight is 317 g/mol. The molecule has 1 N–H and O–H groups in total. The lowest BCUT2D eigenvalue weighted by Crippen LogP contribution is -2.21. The van der Waals surface area contributed by atoms with Crippen LogP contribution < -0.4 is 10.7 Å². The van der Waals surface area contributed by atoms with Gasteiger partial charge in [0.05, 0.1) is 16.2 Å². The van der Waals surface area contributed by atoms with Crippen molar-refractivity contribution in [2.24, 2.45) is 0 Å². The summed E-state index contributed by atoms with van der Waals surface area (Å²) in [6.45, 7) is 1.59. The van der Waals surface area contributed by atoms with Crippen LogP contribution in [0.4, 0.5) is 0 Å². The Bertz CT molecular complexity index is 904. The predicted octanol–water partition coefficient (Wildman–Crippen LogP) is 1.89. The quantitative estimate of drug-likeness (QED) is 0.799. The smallest absolute Gasteiger partial charge is 0.260 e. The number of aromatic nitrogens is 2. The van der Waals surface area contributed by atoms with E-state index in [2.05, 4.69) is 9.97 Å². The third-order valence-corrected chi connectivity index (χ3v) is 4.96. The van der Waals surface area contributed by atoms with Gasteiger partial charge in [0.15, 0.2) is 0 Å². The number of fused-ring (bicyclic) bond motifs is 1. The fraction of sp³-hybridized carbons (Fsp3) is 0.0714. The van der Waals surface area contributed by atoms with Gasteiger partial charge in [-0.05, 0) is 36.1 Å². The van der Waals surface area contributed by atoms with Crippen LogP contribution in [0.1, 0.15) is 25.9 Å². The molecule has 0 bridgehead atoms. The summed E-state index contributed by atoms with van der Waals surface area (Å²) in [5.74, 6) is -0.891. The molecule has 5 nitrogen and oxygen atoms in total. The molecule has 0 amide bonds. The van der Waals surface area contributed by atoms with Gasteiger partial charge in [0.25, 0.3) is 5.56 Å².